The fourth-order valence-corrected chi connectivity index (χ4v) is 2.66. The second-order valence-electron chi connectivity index (χ2n) is 4.78. The van der Waals surface area contributed by atoms with E-state index in [9.17, 15) is 0 Å². The third kappa shape index (κ3) is 5.28. The molecule has 0 bridgehead atoms. The Bertz CT molecular complexity index is 158. The summed E-state index contributed by atoms with van der Waals surface area (Å²) in [5, 5.41) is 3.49. The van der Waals surface area contributed by atoms with E-state index >= 15 is 0 Å². The summed E-state index contributed by atoms with van der Waals surface area (Å²) in [7, 11) is 3.55. The zero-order chi connectivity index (χ0) is 11.6. The van der Waals surface area contributed by atoms with E-state index in [0.717, 1.165) is 38.1 Å². The first-order chi connectivity index (χ1) is 7.88. The van der Waals surface area contributed by atoms with Gasteiger partial charge in [-0.25, -0.2) is 0 Å². The molecule has 1 unspecified atom stereocenters. The van der Waals surface area contributed by atoms with Crippen LogP contribution in [0.1, 0.15) is 32.1 Å². The molecule has 0 aromatic heterocycles. The zero-order valence-electron chi connectivity index (χ0n) is 10.8. The average Bonchev–Trinajstić information content (AvgIpc) is 2.82. The van der Waals surface area contributed by atoms with Crippen LogP contribution in [0, 0.1) is 11.8 Å². The molecule has 0 heterocycles. The predicted octanol–water partition coefficient (Wildman–Crippen LogP) is 2.07. The first-order valence-corrected chi connectivity index (χ1v) is 6.57. The van der Waals surface area contributed by atoms with Gasteiger partial charge >= 0.3 is 0 Å². The Hall–Kier alpha value is -0.120. The second kappa shape index (κ2) is 8.97. The minimum absolute atomic E-state index is 0.791. The van der Waals surface area contributed by atoms with Crippen LogP contribution in [-0.2, 0) is 9.47 Å². The molecule has 0 spiro atoms. The van der Waals surface area contributed by atoms with Crippen LogP contribution < -0.4 is 5.32 Å². The quantitative estimate of drug-likeness (QED) is 0.614. The maximum absolute atomic E-state index is 5.21. The van der Waals surface area contributed by atoms with Crippen LogP contribution in [-0.4, -0.2) is 40.5 Å². The van der Waals surface area contributed by atoms with Crippen molar-refractivity contribution in [3.8, 4) is 0 Å². The van der Waals surface area contributed by atoms with E-state index in [2.05, 4.69) is 5.32 Å². The number of nitrogens with one attached hydrogen (secondary N) is 1. The molecular formula is C13H27NO2. The van der Waals surface area contributed by atoms with Gasteiger partial charge in [0.15, 0.2) is 0 Å². The van der Waals surface area contributed by atoms with Crippen molar-refractivity contribution in [3.05, 3.63) is 0 Å². The maximum Gasteiger partial charge on any atom is 0.0587 e. The molecule has 1 saturated carbocycles. The molecule has 1 fully saturated rings. The van der Waals surface area contributed by atoms with E-state index in [1.165, 1.54) is 32.1 Å². The van der Waals surface area contributed by atoms with Crippen molar-refractivity contribution in [1.29, 1.82) is 0 Å². The highest BCUT2D eigenvalue weighted by molar-refractivity contribution is 4.77. The van der Waals surface area contributed by atoms with E-state index < -0.39 is 0 Å². The van der Waals surface area contributed by atoms with Crippen molar-refractivity contribution >= 4 is 0 Å². The molecule has 0 amide bonds. The maximum atomic E-state index is 5.21. The SMILES string of the molecule is COCCNCC(CCOC)C1CCCC1. The van der Waals surface area contributed by atoms with Gasteiger partial charge in [0.25, 0.3) is 0 Å². The van der Waals surface area contributed by atoms with Gasteiger partial charge in [-0.05, 0) is 24.8 Å². The third-order valence-electron chi connectivity index (χ3n) is 3.65. The summed E-state index contributed by atoms with van der Waals surface area (Å²) in [4.78, 5) is 0. The van der Waals surface area contributed by atoms with Gasteiger partial charge in [-0.3, -0.25) is 0 Å². The number of hydrogen-bond acceptors (Lipinski definition) is 3. The minimum atomic E-state index is 0.791. The van der Waals surface area contributed by atoms with Gasteiger partial charge in [-0.2, -0.15) is 0 Å². The predicted molar refractivity (Wildman–Crippen MR) is 66.7 cm³/mol. The fourth-order valence-electron chi connectivity index (χ4n) is 2.66. The molecule has 1 aliphatic carbocycles. The Morgan fingerprint density at radius 3 is 2.44 bits per heavy atom. The Balaban J connectivity index is 2.19. The van der Waals surface area contributed by atoms with Crippen molar-refractivity contribution in [2.75, 3.05) is 40.5 Å². The molecule has 96 valence electrons. The molecule has 1 N–H and O–H groups in total. The standard InChI is InChI=1S/C13H27NO2/c1-15-9-7-13(11-14-8-10-16-2)12-5-3-4-6-12/h12-14H,3-11H2,1-2H3. The Morgan fingerprint density at radius 2 is 1.81 bits per heavy atom. The monoisotopic (exact) mass is 229 g/mol. The van der Waals surface area contributed by atoms with Crippen LogP contribution in [0.15, 0.2) is 0 Å². The topological polar surface area (TPSA) is 30.5 Å². The normalized spacial score (nSPS) is 19.1. The van der Waals surface area contributed by atoms with Crippen LogP contribution in [0.3, 0.4) is 0 Å². The lowest BCUT2D eigenvalue weighted by molar-refractivity contribution is 0.155. The fraction of sp³-hybridized carbons (Fsp3) is 1.00. The van der Waals surface area contributed by atoms with Crippen LogP contribution in [0.25, 0.3) is 0 Å². The molecule has 0 aromatic rings. The molecule has 3 heteroatoms. The molecule has 0 saturated heterocycles. The minimum Gasteiger partial charge on any atom is -0.385 e. The van der Waals surface area contributed by atoms with Crippen LogP contribution in [0.2, 0.25) is 0 Å². The molecule has 0 aromatic carbocycles. The Morgan fingerprint density at radius 1 is 1.12 bits per heavy atom. The third-order valence-corrected chi connectivity index (χ3v) is 3.65. The van der Waals surface area contributed by atoms with Crippen molar-refractivity contribution in [2.24, 2.45) is 11.8 Å². The van der Waals surface area contributed by atoms with E-state index in [1.54, 1.807) is 14.2 Å². The summed E-state index contributed by atoms with van der Waals surface area (Å²) in [5.74, 6) is 1.71. The largest absolute Gasteiger partial charge is 0.385 e. The van der Waals surface area contributed by atoms with E-state index in [1.807, 2.05) is 0 Å². The molecule has 0 radical (unpaired) electrons. The van der Waals surface area contributed by atoms with Crippen molar-refractivity contribution in [1.82, 2.24) is 5.32 Å². The van der Waals surface area contributed by atoms with Crippen molar-refractivity contribution < 1.29 is 9.47 Å². The van der Waals surface area contributed by atoms with Crippen LogP contribution in [0.5, 0.6) is 0 Å². The van der Waals surface area contributed by atoms with E-state index in [0.29, 0.717) is 0 Å². The first kappa shape index (κ1) is 13.9. The zero-order valence-corrected chi connectivity index (χ0v) is 10.8. The van der Waals surface area contributed by atoms with Gasteiger partial charge in [-0.15, -0.1) is 0 Å². The van der Waals surface area contributed by atoms with Gasteiger partial charge in [0, 0.05) is 27.4 Å². The number of ether oxygens (including phenoxy) is 2. The highest BCUT2D eigenvalue weighted by Gasteiger charge is 2.24. The lowest BCUT2D eigenvalue weighted by Crippen LogP contribution is -2.30. The van der Waals surface area contributed by atoms with Crippen LogP contribution in [0.4, 0.5) is 0 Å². The van der Waals surface area contributed by atoms with E-state index in [4.69, 9.17) is 9.47 Å². The van der Waals surface area contributed by atoms with Gasteiger partial charge in [0.2, 0.25) is 0 Å². The highest BCUT2D eigenvalue weighted by Crippen LogP contribution is 2.32. The highest BCUT2D eigenvalue weighted by atomic mass is 16.5. The van der Waals surface area contributed by atoms with Gasteiger partial charge in [-0.1, -0.05) is 25.7 Å². The lowest BCUT2D eigenvalue weighted by atomic mass is 9.88. The lowest BCUT2D eigenvalue weighted by Gasteiger charge is -2.23. The molecular weight excluding hydrogens is 202 g/mol. The molecule has 0 aliphatic heterocycles. The van der Waals surface area contributed by atoms with Crippen molar-refractivity contribution in [3.63, 3.8) is 0 Å². The molecule has 1 aliphatic rings. The first-order valence-electron chi connectivity index (χ1n) is 6.57. The molecule has 16 heavy (non-hydrogen) atoms. The summed E-state index contributed by atoms with van der Waals surface area (Å²) < 4.78 is 10.2. The summed E-state index contributed by atoms with van der Waals surface area (Å²) in [5.41, 5.74) is 0. The number of hydrogen-bond donors (Lipinski definition) is 1. The Labute approximate surface area is 99.9 Å². The number of rotatable bonds is 9. The average molecular weight is 229 g/mol. The summed E-state index contributed by atoms with van der Waals surface area (Å²) in [6.07, 6.45) is 6.88. The Kier molecular flexibility index (Phi) is 7.81. The van der Waals surface area contributed by atoms with Gasteiger partial charge in [0.1, 0.15) is 0 Å². The van der Waals surface area contributed by atoms with Gasteiger partial charge < -0.3 is 14.8 Å². The van der Waals surface area contributed by atoms with Crippen LogP contribution >= 0.6 is 0 Å². The summed E-state index contributed by atoms with van der Waals surface area (Å²) >= 11 is 0. The second-order valence-corrected chi connectivity index (χ2v) is 4.78. The molecule has 1 atom stereocenters. The molecule has 1 rings (SSSR count). The summed E-state index contributed by atoms with van der Waals surface area (Å²) in [6, 6.07) is 0. The van der Waals surface area contributed by atoms with E-state index in [-0.39, 0.29) is 0 Å². The van der Waals surface area contributed by atoms with Gasteiger partial charge in [0.05, 0.1) is 6.61 Å². The van der Waals surface area contributed by atoms with Crippen molar-refractivity contribution in [2.45, 2.75) is 32.1 Å². The summed E-state index contributed by atoms with van der Waals surface area (Å²) in [6.45, 7) is 3.79. The smallest absolute Gasteiger partial charge is 0.0587 e. The molecule has 3 nitrogen and oxygen atoms in total. The number of methoxy groups -OCH3 is 2.